The Morgan fingerprint density at radius 2 is 0.824 bits per heavy atom. The molecule has 0 amide bonds. The molecule has 190 valence electrons. The summed E-state index contributed by atoms with van der Waals surface area (Å²) in [5.74, 6) is 0. The number of aryl methyl sites for hydroxylation is 4. The van der Waals surface area contributed by atoms with Gasteiger partial charge in [0.2, 0.25) is 0 Å². The molecule has 2 nitrogen and oxygen atoms in total. The van der Waals surface area contributed by atoms with Crippen molar-refractivity contribution in [2.45, 2.75) is 112 Å². The van der Waals surface area contributed by atoms with Crippen molar-refractivity contribution in [3.05, 3.63) is 58.7 Å². The summed E-state index contributed by atoms with van der Waals surface area (Å²) < 4.78 is 0. The average molecular weight is 505 g/mol. The summed E-state index contributed by atoms with van der Waals surface area (Å²) in [6.07, 6.45) is 13.4. The van der Waals surface area contributed by atoms with E-state index in [-0.39, 0.29) is 16.5 Å². The van der Waals surface area contributed by atoms with Gasteiger partial charge in [-0.15, -0.1) is 0 Å². The van der Waals surface area contributed by atoms with Gasteiger partial charge < -0.3 is 0 Å². The normalized spacial score (nSPS) is 12.1. The summed E-state index contributed by atoms with van der Waals surface area (Å²) in [5, 5.41) is 0. The van der Waals surface area contributed by atoms with Crippen LogP contribution in [0.4, 0.5) is 11.4 Å². The van der Waals surface area contributed by atoms with Crippen molar-refractivity contribution in [1.29, 1.82) is 0 Å². The Hall–Kier alpha value is -1.73. The van der Waals surface area contributed by atoms with Crippen LogP contribution in [0.5, 0.6) is 0 Å². The quantitative estimate of drug-likeness (QED) is 0.139. The van der Waals surface area contributed by atoms with Gasteiger partial charge in [0.15, 0.2) is 0 Å². The third kappa shape index (κ3) is 11.6. The summed E-state index contributed by atoms with van der Waals surface area (Å²) in [4.78, 5) is 10.4. The van der Waals surface area contributed by atoms with Crippen LogP contribution in [0.1, 0.15) is 107 Å². The summed E-state index contributed by atoms with van der Waals surface area (Å²) in [7, 11) is 0. The molecule has 0 radical (unpaired) electrons. The Bertz CT molecular complexity index is 887. The fourth-order valence-electron chi connectivity index (χ4n) is 4.49. The minimum absolute atomic E-state index is 0. The largest absolute Gasteiger partial charge is 0.252 e. The first-order valence-electron chi connectivity index (χ1n) is 13.2. The summed E-state index contributed by atoms with van der Waals surface area (Å²) >= 11 is 0. The van der Waals surface area contributed by atoms with E-state index in [1.165, 1.54) is 91.5 Å². The summed E-state index contributed by atoms with van der Waals surface area (Å²) in [6.45, 7) is 13.2. The van der Waals surface area contributed by atoms with Gasteiger partial charge in [0.05, 0.1) is 22.8 Å². The van der Waals surface area contributed by atoms with Crippen molar-refractivity contribution in [3.8, 4) is 0 Å². The Balaban J connectivity index is 0.00000578. The third-order valence-corrected chi connectivity index (χ3v) is 6.06. The van der Waals surface area contributed by atoms with E-state index in [1.807, 2.05) is 0 Å². The molecule has 0 fully saturated rings. The van der Waals surface area contributed by atoms with Gasteiger partial charge in [-0.2, -0.15) is 0 Å². The minimum Gasteiger partial charge on any atom is -0.252 e. The molecule has 0 bridgehead atoms. The van der Waals surface area contributed by atoms with Crippen molar-refractivity contribution in [1.82, 2.24) is 0 Å². The van der Waals surface area contributed by atoms with E-state index < -0.39 is 0 Å². The monoisotopic (exact) mass is 504 g/mol. The maximum atomic E-state index is 5.22. The van der Waals surface area contributed by atoms with Crippen molar-refractivity contribution < 1.29 is 16.5 Å². The van der Waals surface area contributed by atoms with E-state index in [0.29, 0.717) is 0 Å². The topological polar surface area (TPSA) is 24.7 Å². The maximum absolute atomic E-state index is 5.22. The van der Waals surface area contributed by atoms with Gasteiger partial charge in [-0.1, -0.05) is 70.9 Å². The predicted octanol–water partition coefficient (Wildman–Crippen LogP) is 10.1. The molecular formula is C31H46N2Ni. The zero-order chi connectivity index (χ0) is 24.1. The third-order valence-electron chi connectivity index (χ3n) is 6.06. The van der Waals surface area contributed by atoms with Crippen LogP contribution in [0, 0.1) is 27.7 Å². The first kappa shape index (κ1) is 30.3. The Labute approximate surface area is 219 Å². The summed E-state index contributed by atoms with van der Waals surface area (Å²) in [5.41, 5.74) is 9.58. The summed E-state index contributed by atoms with van der Waals surface area (Å²) in [6, 6.07) is 13.2. The Morgan fingerprint density at radius 3 is 1.24 bits per heavy atom. The molecule has 0 saturated carbocycles. The number of hydrogen-bond donors (Lipinski definition) is 0. The molecule has 2 aromatic carbocycles. The van der Waals surface area contributed by atoms with E-state index in [2.05, 4.69) is 77.9 Å². The molecule has 0 spiro atoms. The zero-order valence-corrected chi connectivity index (χ0v) is 23.4. The van der Waals surface area contributed by atoms with Crippen LogP contribution < -0.4 is 0 Å². The van der Waals surface area contributed by atoms with E-state index in [1.54, 1.807) is 0 Å². The molecule has 2 aromatic rings. The van der Waals surface area contributed by atoms with E-state index in [9.17, 15) is 0 Å². The van der Waals surface area contributed by atoms with Crippen LogP contribution in [0.2, 0.25) is 0 Å². The first-order valence-corrected chi connectivity index (χ1v) is 13.2. The SMILES string of the molecule is CCCCCCCCC(=Nc1cc(C)cc(C)c1)C(CCCCC)=Nc1cc(C)cc(C)c1.[Ni]. The van der Waals surface area contributed by atoms with Crippen LogP contribution in [0.25, 0.3) is 0 Å². The molecule has 0 atom stereocenters. The number of unbranched alkanes of at least 4 members (excludes halogenated alkanes) is 7. The number of benzene rings is 2. The predicted molar refractivity (Wildman–Crippen MR) is 148 cm³/mol. The second-order valence-corrected chi connectivity index (χ2v) is 9.78. The van der Waals surface area contributed by atoms with Crippen LogP contribution in [0.3, 0.4) is 0 Å². The Morgan fingerprint density at radius 1 is 0.500 bits per heavy atom. The van der Waals surface area contributed by atoms with Gasteiger partial charge in [0, 0.05) is 16.5 Å². The van der Waals surface area contributed by atoms with Crippen LogP contribution in [-0.4, -0.2) is 11.4 Å². The van der Waals surface area contributed by atoms with Gasteiger partial charge in [-0.3, -0.25) is 9.98 Å². The van der Waals surface area contributed by atoms with Gasteiger partial charge in [0.25, 0.3) is 0 Å². The van der Waals surface area contributed by atoms with E-state index >= 15 is 0 Å². The first-order chi connectivity index (χ1) is 15.9. The number of nitrogens with zero attached hydrogens (tertiary/aromatic N) is 2. The molecule has 3 heteroatoms. The Kier molecular flexibility index (Phi) is 15.0. The molecule has 0 aliphatic rings. The molecule has 2 rings (SSSR count). The number of hydrogen-bond acceptors (Lipinski definition) is 2. The molecule has 0 unspecified atom stereocenters. The van der Waals surface area contributed by atoms with Gasteiger partial charge in [-0.05, 0) is 99.9 Å². The molecule has 34 heavy (non-hydrogen) atoms. The standard InChI is InChI=1S/C31H46N2.Ni/c1-7-9-11-12-13-15-17-31(33-29-22-26(5)19-27(6)23-29)30(16-14-10-8-2)32-28-20-24(3)18-25(4)21-28;/h18-23H,7-17H2,1-6H3;. The van der Waals surface area contributed by atoms with Gasteiger partial charge in [0.1, 0.15) is 0 Å². The van der Waals surface area contributed by atoms with Crippen LogP contribution in [0.15, 0.2) is 46.4 Å². The molecule has 0 saturated heterocycles. The fraction of sp³-hybridized carbons (Fsp3) is 0.548. The number of aliphatic imine (C=N–C) groups is 2. The molecule has 0 aromatic heterocycles. The minimum atomic E-state index is 0. The molecule has 0 N–H and O–H groups in total. The van der Waals surface area contributed by atoms with Gasteiger partial charge >= 0.3 is 0 Å². The van der Waals surface area contributed by atoms with E-state index in [4.69, 9.17) is 9.98 Å². The van der Waals surface area contributed by atoms with Crippen molar-refractivity contribution in [2.24, 2.45) is 9.98 Å². The fourth-order valence-corrected chi connectivity index (χ4v) is 4.49. The molecule has 0 aliphatic heterocycles. The molecule has 0 aliphatic carbocycles. The smallest absolute Gasteiger partial charge is 0.0639 e. The average Bonchev–Trinajstić information content (AvgIpc) is 2.73. The van der Waals surface area contributed by atoms with Gasteiger partial charge in [-0.25, -0.2) is 0 Å². The molecule has 0 heterocycles. The zero-order valence-electron chi connectivity index (χ0n) is 22.5. The van der Waals surface area contributed by atoms with Crippen LogP contribution in [-0.2, 0) is 16.5 Å². The van der Waals surface area contributed by atoms with Crippen molar-refractivity contribution in [3.63, 3.8) is 0 Å². The van der Waals surface area contributed by atoms with E-state index in [0.717, 1.165) is 24.2 Å². The molecular weight excluding hydrogens is 459 g/mol. The maximum Gasteiger partial charge on any atom is 0.0639 e. The second kappa shape index (κ2) is 16.8. The van der Waals surface area contributed by atoms with Crippen LogP contribution >= 0.6 is 0 Å². The number of rotatable bonds is 14. The van der Waals surface area contributed by atoms with Crippen molar-refractivity contribution in [2.75, 3.05) is 0 Å². The van der Waals surface area contributed by atoms with Crippen molar-refractivity contribution >= 4 is 22.8 Å². The second-order valence-electron chi connectivity index (χ2n) is 9.78.